The third-order valence-corrected chi connectivity index (χ3v) is 3.08. The summed E-state index contributed by atoms with van der Waals surface area (Å²) < 4.78 is 0. The minimum absolute atomic E-state index is 0.214. The normalized spacial score (nSPS) is 19.2. The maximum Gasteiger partial charge on any atom is 0.0517 e. The summed E-state index contributed by atoms with van der Waals surface area (Å²) in [6.45, 7) is 6.56. The van der Waals surface area contributed by atoms with E-state index in [2.05, 4.69) is 18.7 Å². The molecule has 1 atom stereocenters. The van der Waals surface area contributed by atoms with Gasteiger partial charge in [-0.05, 0) is 23.6 Å². The molecular formula is C13H20N2O. The number of aliphatic hydroxyl groups is 1. The van der Waals surface area contributed by atoms with Gasteiger partial charge < -0.3 is 15.7 Å². The first-order valence-electron chi connectivity index (χ1n) is 5.87. The monoisotopic (exact) mass is 220 g/mol. The number of benzene rings is 1. The Morgan fingerprint density at radius 3 is 2.88 bits per heavy atom. The van der Waals surface area contributed by atoms with E-state index in [1.165, 1.54) is 11.3 Å². The average molecular weight is 220 g/mol. The van der Waals surface area contributed by atoms with Crippen LogP contribution < -0.4 is 10.6 Å². The molecule has 1 aromatic carbocycles. The predicted octanol–water partition coefficient (Wildman–Crippen LogP) is 1.82. The maximum absolute atomic E-state index is 9.38. The summed E-state index contributed by atoms with van der Waals surface area (Å²) in [6.07, 6.45) is 0. The lowest BCUT2D eigenvalue weighted by atomic mass is 10.0. The van der Waals surface area contributed by atoms with Crippen LogP contribution in [0.25, 0.3) is 0 Å². The molecule has 0 bridgehead atoms. The molecule has 0 radical (unpaired) electrons. The lowest BCUT2D eigenvalue weighted by molar-refractivity contribution is 0.270. The van der Waals surface area contributed by atoms with Gasteiger partial charge in [-0.3, -0.25) is 0 Å². The number of nitrogens with zero attached hydrogens (tertiary/aromatic N) is 1. The molecule has 3 heteroatoms. The summed E-state index contributed by atoms with van der Waals surface area (Å²) in [5.41, 5.74) is 9.05. The van der Waals surface area contributed by atoms with Crippen LogP contribution in [-0.2, 0) is 0 Å². The fourth-order valence-corrected chi connectivity index (χ4v) is 2.41. The summed E-state index contributed by atoms with van der Waals surface area (Å²) in [4.78, 5) is 2.33. The number of hydrogen-bond donors (Lipinski definition) is 2. The second kappa shape index (κ2) is 4.34. The summed E-state index contributed by atoms with van der Waals surface area (Å²) in [7, 11) is 0. The summed E-state index contributed by atoms with van der Waals surface area (Å²) >= 11 is 0. The second-order valence-corrected chi connectivity index (χ2v) is 5.00. The molecular weight excluding hydrogens is 200 g/mol. The molecule has 16 heavy (non-hydrogen) atoms. The maximum atomic E-state index is 9.38. The van der Waals surface area contributed by atoms with Crippen molar-refractivity contribution in [3.05, 3.63) is 23.8 Å². The van der Waals surface area contributed by atoms with E-state index in [1.54, 1.807) is 0 Å². The van der Waals surface area contributed by atoms with E-state index in [-0.39, 0.29) is 12.5 Å². The van der Waals surface area contributed by atoms with Gasteiger partial charge in [0, 0.05) is 30.4 Å². The van der Waals surface area contributed by atoms with Gasteiger partial charge in [-0.15, -0.1) is 0 Å². The zero-order chi connectivity index (χ0) is 11.7. The largest absolute Gasteiger partial charge is 0.399 e. The first kappa shape index (κ1) is 11.3. The Morgan fingerprint density at radius 2 is 2.25 bits per heavy atom. The molecule has 3 nitrogen and oxygen atoms in total. The highest BCUT2D eigenvalue weighted by Gasteiger charge is 2.28. The molecule has 0 aromatic heterocycles. The number of fused-ring (bicyclic) bond motifs is 1. The average Bonchev–Trinajstić information content (AvgIpc) is 2.55. The van der Waals surface area contributed by atoms with Gasteiger partial charge in [0.15, 0.2) is 0 Å². The Kier molecular flexibility index (Phi) is 3.06. The van der Waals surface area contributed by atoms with Crippen molar-refractivity contribution in [3.8, 4) is 0 Å². The molecule has 1 unspecified atom stereocenters. The Hall–Kier alpha value is -1.22. The van der Waals surface area contributed by atoms with Crippen molar-refractivity contribution in [3.63, 3.8) is 0 Å². The van der Waals surface area contributed by atoms with Crippen LogP contribution in [-0.4, -0.2) is 24.8 Å². The molecule has 1 aromatic rings. The van der Waals surface area contributed by atoms with Gasteiger partial charge >= 0.3 is 0 Å². The third kappa shape index (κ3) is 2.00. The fraction of sp³-hybridized carbons (Fsp3) is 0.538. The number of aliphatic hydroxyl groups excluding tert-OH is 1. The Morgan fingerprint density at radius 1 is 1.50 bits per heavy atom. The summed E-state index contributed by atoms with van der Waals surface area (Å²) in [5.74, 6) is 0.862. The topological polar surface area (TPSA) is 49.5 Å². The molecule has 1 heterocycles. The molecule has 0 amide bonds. The van der Waals surface area contributed by atoms with Crippen LogP contribution in [0.2, 0.25) is 0 Å². The standard InChI is InChI=1S/C13H20N2O/c1-9(2)6-15-7-10(8-16)12-4-3-11(14)5-13(12)15/h3-5,9-10,16H,6-8,14H2,1-2H3. The number of nitrogens with two attached hydrogens (primary N) is 1. The van der Waals surface area contributed by atoms with Crippen LogP contribution >= 0.6 is 0 Å². The van der Waals surface area contributed by atoms with Crippen molar-refractivity contribution in [2.24, 2.45) is 5.92 Å². The Balaban J connectivity index is 2.31. The summed E-state index contributed by atoms with van der Waals surface area (Å²) in [5, 5.41) is 9.38. The number of rotatable bonds is 3. The SMILES string of the molecule is CC(C)CN1CC(CO)c2ccc(N)cc21. The van der Waals surface area contributed by atoms with E-state index >= 15 is 0 Å². The predicted molar refractivity (Wildman–Crippen MR) is 67.7 cm³/mol. The third-order valence-electron chi connectivity index (χ3n) is 3.08. The molecule has 88 valence electrons. The fourth-order valence-electron chi connectivity index (χ4n) is 2.41. The molecule has 0 aliphatic carbocycles. The highest BCUT2D eigenvalue weighted by Crippen LogP contribution is 2.37. The molecule has 0 spiro atoms. The van der Waals surface area contributed by atoms with Crippen LogP contribution in [0, 0.1) is 5.92 Å². The zero-order valence-electron chi connectivity index (χ0n) is 9.98. The lowest BCUT2D eigenvalue weighted by Gasteiger charge is -2.22. The molecule has 1 aliphatic heterocycles. The molecule has 0 saturated heterocycles. The molecule has 2 rings (SSSR count). The molecule has 1 aliphatic rings. The van der Waals surface area contributed by atoms with Gasteiger partial charge in [-0.1, -0.05) is 19.9 Å². The Bertz CT molecular complexity index is 376. The molecule has 0 fully saturated rings. The van der Waals surface area contributed by atoms with E-state index in [0.717, 1.165) is 18.8 Å². The van der Waals surface area contributed by atoms with Gasteiger partial charge in [0.1, 0.15) is 0 Å². The van der Waals surface area contributed by atoms with Crippen LogP contribution in [0.5, 0.6) is 0 Å². The number of hydrogen-bond acceptors (Lipinski definition) is 3. The minimum atomic E-state index is 0.214. The summed E-state index contributed by atoms with van der Waals surface area (Å²) in [6, 6.07) is 5.99. The van der Waals surface area contributed by atoms with E-state index in [9.17, 15) is 5.11 Å². The van der Waals surface area contributed by atoms with Crippen LogP contribution in [0.1, 0.15) is 25.3 Å². The van der Waals surface area contributed by atoms with E-state index in [0.29, 0.717) is 5.92 Å². The van der Waals surface area contributed by atoms with Crippen molar-refractivity contribution < 1.29 is 5.11 Å². The van der Waals surface area contributed by atoms with Crippen LogP contribution in [0.3, 0.4) is 0 Å². The zero-order valence-corrected chi connectivity index (χ0v) is 9.98. The van der Waals surface area contributed by atoms with Crippen molar-refractivity contribution >= 4 is 11.4 Å². The number of anilines is 2. The smallest absolute Gasteiger partial charge is 0.0517 e. The lowest BCUT2D eigenvalue weighted by Crippen LogP contribution is -2.27. The highest BCUT2D eigenvalue weighted by atomic mass is 16.3. The van der Waals surface area contributed by atoms with E-state index < -0.39 is 0 Å². The molecule has 0 saturated carbocycles. The van der Waals surface area contributed by atoms with E-state index in [1.807, 2.05) is 18.2 Å². The van der Waals surface area contributed by atoms with Crippen molar-refractivity contribution in [2.75, 3.05) is 30.3 Å². The van der Waals surface area contributed by atoms with Crippen LogP contribution in [0.4, 0.5) is 11.4 Å². The van der Waals surface area contributed by atoms with Gasteiger partial charge in [0.05, 0.1) is 6.61 Å². The van der Waals surface area contributed by atoms with Crippen molar-refractivity contribution in [2.45, 2.75) is 19.8 Å². The van der Waals surface area contributed by atoms with Gasteiger partial charge in [-0.25, -0.2) is 0 Å². The van der Waals surface area contributed by atoms with Crippen LogP contribution in [0.15, 0.2) is 18.2 Å². The van der Waals surface area contributed by atoms with Crippen molar-refractivity contribution in [1.29, 1.82) is 0 Å². The molecule has 3 N–H and O–H groups in total. The first-order chi connectivity index (χ1) is 7.61. The van der Waals surface area contributed by atoms with Gasteiger partial charge in [0.25, 0.3) is 0 Å². The Labute approximate surface area is 96.9 Å². The number of nitrogen functional groups attached to an aromatic ring is 1. The van der Waals surface area contributed by atoms with Gasteiger partial charge in [-0.2, -0.15) is 0 Å². The quantitative estimate of drug-likeness (QED) is 0.764. The van der Waals surface area contributed by atoms with Crippen molar-refractivity contribution in [1.82, 2.24) is 0 Å². The minimum Gasteiger partial charge on any atom is -0.399 e. The van der Waals surface area contributed by atoms with Gasteiger partial charge in [0.2, 0.25) is 0 Å². The highest BCUT2D eigenvalue weighted by molar-refractivity contribution is 5.66. The van der Waals surface area contributed by atoms with E-state index in [4.69, 9.17) is 5.73 Å². The second-order valence-electron chi connectivity index (χ2n) is 5.00. The first-order valence-corrected chi connectivity index (χ1v) is 5.87.